The molecular weight excluding hydrogens is 290 g/mol. The quantitative estimate of drug-likeness (QED) is 0.862. The maximum Gasteiger partial charge on any atom is 0.142 e. The fraction of sp³-hybridized carbons (Fsp3) is 0.667. The molecular formula is C18H27N3O2. The summed E-state index contributed by atoms with van der Waals surface area (Å²) in [5.74, 6) is 0.847. The van der Waals surface area contributed by atoms with Crippen molar-refractivity contribution in [1.82, 2.24) is 4.90 Å². The first-order valence-electron chi connectivity index (χ1n) is 8.92. The van der Waals surface area contributed by atoms with Crippen molar-refractivity contribution in [3.63, 3.8) is 0 Å². The molecule has 5 nitrogen and oxygen atoms in total. The van der Waals surface area contributed by atoms with Crippen molar-refractivity contribution in [2.75, 3.05) is 50.0 Å². The zero-order valence-electron chi connectivity index (χ0n) is 13.7. The minimum atomic E-state index is 0.396. The predicted molar refractivity (Wildman–Crippen MR) is 92.1 cm³/mol. The summed E-state index contributed by atoms with van der Waals surface area (Å²) in [6, 6.07) is 6.98. The molecule has 0 radical (unpaired) electrons. The molecule has 5 heteroatoms. The Labute approximate surface area is 138 Å². The van der Waals surface area contributed by atoms with Crippen LogP contribution in [0.4, 0.5) is 11.4 Å². The second kappa shape index (κ2) is 6.57. The van der Waals surface area contributed by atoms with Gasteiger partial charge in [0.2, 0.25) is 0 Å². The molecule has 0 amide bonds. The number of anilines is 2. The Morgan fingerprint density at radius 3 is 2.39 bits per heavy atom. The summed E-state index contributed by atoms with van der Waals surface area (Å²) in [5, 5.41) is 0. The number of hydrogen-bond acceptors (Lipinski definition) is 5. The summed E-state index contributed by atoms with van der Waals surface area (Å²) < 4.78 is 11.3. The zero-order chi connectivity index (χ0) is 15.6. The van der Waals surface area contributed by atoms with E-state index in [1.165, 1.54) is 18.5 Å². The Balaban J connectivity index is 1.35. The molecule has 1 aliphatic carbocycles. The van der Waals surface area contributed by atoms with Gasteiger partial charge in [0.15, 0.2) is 0 Å². The summed E-state index contributed by atoms with van der Waals surface area (Å²) >= 11 is 0. The van der Waals surface area contributed by atoms with Crippen molar-refractivity contribution in [3.8, 4) is 5.75 Å². The summed E-state index contributed by atoms with van der Waals surface area (Å²) in [6.45, 7) is 6.16. The minimum absolute atomic E-state index is 0.396. The standard InChI is InChI=1S/C18H27N3O2/c19-17-13-15(1-4-18(17)23-16-2-3-16)20-7-5-14(6-8-20)21-9-11-22-12-10-21/h1,4,13-14,16H,2-3,5-12,19H2. The normalized spacial score (nSPS) is 23.9. The van der Waals surface area contributed by atoms with Gasteiger partial charge in [0.05, 0.1) is 25.0 Å². The molecule has 2 heterocycles. The summed E-state index contributed by atoms with van der Waals surface area (Å²) in [7, 11) is 0. The van der Waals surface area contributed by atoms with Crippen LogP contribution in [0.2, 0.25) is 0 Å². The van der Waals surface area contributed by atoms with E-state index in [9.17, 15) is 0 Å². The van der Waals surface area contributed by atoms with Crippen LogP contribution < -0.4 is 15.4 Å². The highest BCUT2D eigenvalue weighted by atomic mass is 16.5. The smallest absolute Gasteiger partial charge is 0.142 e. The molecule has 0 aromatic heterocycles. The van der Waals surface area contributed by atoms with Crippen molar-refractivity contribution < 1.29 is 9.47 Å². The van der Waals surface area contributed by atoms with Crippen LogP contribution in [0, 0.1) is 0 Å². The molecule has 2 saturated heterocycles. The second-order valence-corrected chi connectivity index (χ2v) is 6.91. The van der Waals surface area contributed by atoms with Crippen molar-refractivity contribution >= 4 is 11.4 Å². The monoisotopic (exact) mass is 317 g/mol. The molecule has 0 spiro atoms. The SMILES string of the molecule is Nc1cc(N2CCC(N3CCOCC3)CC2)ccc1OC1CC1. The van der Waals surface area contributed by atoms with E-state index in [1.54, 1.807) is 0 Å². The average Bonchev–Trinajstić information content (AvgIpc) is 3.42. The van der Waals surface area contributed by atoms with E-state index in [0.717, 1.165) is 63.7 Å². The van der Waals surface area contributed by atoms with Gasteiger partial charge in [0.1, 0.15) is 5.75 Å². The molecule has 1 aromatic carbocycles. The Bertz CT molecular complexity index is 533. The molecule has 4 rings (SSSR count). The predicted octanol–water partition coefficient (Wildman–Crippen LogP) is 2.11. The molecule has 0 atom stereocenters. The van der Waals surface area contributed by atoms with Crippen LogP contribution in [0.1, 0.15) is 25.7 Å². The fourth-order valence-electron chi connectivity index (χ4n) is 3.64. The van der Waals surface area contributed by atoms with Gasteiger partial charge in [-0.25, -0.2) is 0 Å². The Morgan fingerprint density at radius 1 is 1.00 bits per heavy atom. The van der Waals surface area contributed by atoms with Crippen LogP contribution in [0.15, 0.2) is 18.2 Å². The largest absolute Gasteiger partial charge is 0.488 e. The highest BCUT2D eigenvalue weighted by molar-refractivity contribution is 5.63. The molecule has 0 unspecified atom stereocenters. The molecule has 1 saturated carbocycles. The van der Waals surface area contributed by atoms with E-state index in [-0.39, 0.29) is 0 Å². The molecule has 1 aromatic rings. The number of morpholine rings is 1. The molecule has 2 N–H and O–H groups in total. The highest BCUT2D eigenvalue weighted by Crippen LogP contribution is 2.34. The highest BCUT2D eigenvalue weighted by Gasteiger charge is 2.27. The van der Waals surface area contributed by atoms with Gasteiger partial charge >= 0.3 is 0 Å². The lowest BCUT2D eigenvalue weighted by molar-refractivity contribution is 0.0115. The van der Waals surface area contributed by atoms with Crippen molar-refractivity contribution in [1.29, 1.82) is 0 Å². The molecule has 0 bridgehead atoms. The number of nitrogens with zero attached hydrogens (tertiary/aromatic N) is 2. The fourth-order valence-corrected chi connectivity index (χ4v) is 3.64. The summed E-state index contributed by atoms with van der Waals surface area (Å²) in [4.78, 5) is 5.05. The maximum atomic E-state index is 6.17. The van der Waals surface area contributed by atoms with Gasteiger partial charge < -0.3 is 20.1 Å². The number of piperidine rings is 1. The Morgan fingerprint density at radius 2 is 1.74 bits per heavy atom. The number of ether oxygens (including phenoxy) is 2. The van der Waals surface area contributed by atoms with Crippen molar-refractivity contribution in [3.05, 3.63) is 18.2 Å². The van der Waals surface area contributed by atoms with E-state index in [2.05, 4.69) is 21.9 Å². The maximum absolute atomic E-state index is 6.17. The third-order valence-electron chi connectivity index (χ3n) is 5.20. The molecule has 3 aliphatic rings. The van der Waals surface area contributed by atoms with Gasteiger partial charge in [-0.1, -0.05) is 0 Å². The lowest BCUT2D eigenvalue weighted by atomic mass is 10.0. The summed E-state index contributed by atoms with van der Waals surface area (Å²) in [6.07, 6.45) is 5.17. The van der Waals surface area contributed by atoms with E-state index in [1.807, 2.05) is 6.07 Å². The van der Waals surface area contributed by atoms with Crippen LogP contribution in [0.3, 0.4) is 0 Å². The van der Waals surface area contributed by atoms with E-state index < -0.39 is 0 Å². The third-order valence-corrected chi connectivity index (χ3v) is 5.20. The topological polar surface area (TPSA) is 51.0 Å². The van der Waals surface area contributed by atoms with Gasteiger partial charge in [-0.3, -0.25) is 4.90 Å². The van der Waals surface area contributed by atoms with Gasteiger partial charge in [-0.15, -0.1) is 0 Å². The summed E-state index contributed by atoms with van der Waals surface area (Å²) in [5.41, 5.74) is 8.17. The van der Waals surface area contributed by atoms with Gasteiger partial charge in [-0.2, -0.15) is 0 Å². The number of nitrogen functional groups attached to an aromatic ring is 1. The molecule has 23 heavy (non-hydrogen) atoms. The minimum Gasteiger partial charge on any atom is -0.488 e. The second-order valence-electron chi connectivity index (χ2n) is 6.91. The van der Waals surface area contributed by atoms with E-state index in [4.69, 9.17) is 15.2 Å². The third kappa shape index (κ3) is 3.56. The Hall–Kier alpha value is -1.46. The van der Waals surface area contributed by atoms with Crippen LogP contribution in [0.5, 0.6) is 5.75 Å². The average molecular weight is 317 g/mol. The first-order chi connectivity index (χ1) is 11.3. The van der Waals surface area contributed by atoms with Crippen molar-refractivity contribution in [2.45, 2.75) is 37.8 Å². The van der Waals surface area contributed by atoms with Crippen LogP contribution in [-0.4, -0.2) is 56.4 Å². The lowest BCUT2D eigenvalue weighted by Gasteiger charge is -2.40. The van der Waals surface area contributed by atoms with E-state index >= 15 is 0 Å². The number of hydrogen-bond donors (Lipinski definition) is 1. The van der Waals surface area contributed by atoms with Gasteiger partial charge in [0.25, 0.3) is 0 Å². The molecule has 2 aliphatic heterocycles. The van der Waals surface area contributed by atoms with Crippen LogP contribution in [0.25, 0.3) is 0 Å². The lowest BCUT2D eigenvalue weighted by Crippen LogP contribution is -2.49. The Kier molecular flexibility index (Phi) is 4.31. The van der Waals surface area contributed by atoms with Crippen LogP contribution >= 0.6 is 0 Å². The molecule has 126 valence electrons. The molecule has 3 fully saturated rings. The zero-order valence-corrected chi connectivity index (χ0v) is 13.7. The number of rotatable bonds is 4. The first-order valence-corrected chi connectivity index (χ1v) is 8.92. The van der Waals surface area contributed by atoms with Crippen molar-refractivity contribution in [2.24, 2.45) is 0 Å². The van der Waals surface area contributed by atoms with Gasteiger partial charge in [0, 0.05) is 37.9 Å². The first kappa shape index (κ1) is 15.1. The van der Waals surface area contributed by atoms with Crippen LogP contribution in [-0.2, 0) is 4.74 Å². The number of nitrogens with two attached hydrogens (primary N) is 1. The van der Waals surface area contributed by atoms with Gasteiger partial charge in [-0.05, 0) is 43.9 Å². The van der Waals surface area contributed by atoms with E-state index in [0.29, 0.717) is 12.1 Å². The number of benzene rings is 1.